The van der Waals surface area contributed by atoms with E-state index in [4.69, 9.17) is 9.72 Å². The summed E-state index contributed by atoms with van der Waals surface area (Å²) in [4.78, 5) is 11.4. The second kappa shape index (κ2) is 5.86. The van der Waals surface area contributed by atoms with Gasteiger partial charge < -0.3 is 14.2 Å². The van der Waals surface area contributed by atoms with Crippen molar-refractivity contribution in [2.24, 2.45) is 14.1 Å². The summed E-state index contributed by atoms with van der Waals surface area (Å²) in [6, 6.07) is 2.42. The van der Waals surface area contributed by atoms with Gasteiger partial charge in [0.15, 0.2) is 4.60 Å². The predicted octanol–water partition coefficient (Wildman–Crippen LogP) is 2.36. The lowest BCUT2D eigenvalue weighted by molar-refractivity contribution is 0.0986. The molecule has 8 heteroatoms. The average molecular weight is 391 g/mol. The van der Waals surface area contributed by atoms with E-state index in [1.54, 1.807) is 0 Å². The van der Waals surface area contributed by atoms with Crippen LogP contribution in [0.3, 0.4) is 0 Å². The summed E-state index contributed by atoms with van der Waals surface area (Å²) in [5.41, 5.74) is 3.98. The molecule has 0 amide bonds. The minimum Gasteiger partial charge on any atom is -0.377 e. The number of aryl methyl sites for hydroxylation is 2. The Hall–Kier alpha value is -1.93. The molecular weight excluding hydrogens is 372 g/mol. The Kier molecular flexibility index (Phi) is 3.80. The van der Waals surface area contributed by atoms with Crippen molar-refractivity contribution in [1.29, 1.82) is 0 Å². The largest absolute Gasteiger partial charge is 0.377 e. The average Bonchev–Trinajstić information content (AvgIpc) is 3.11. The Labute approximate surface area is 148 Å². The van der Waals surface area contributed by atoms with Crippen LogP contribution in [0.5, 0.6) is 0 Å². The normalized spacial score (nSPS) is 18.5. The third-order valence-corrected chi connectivity index (χ3v) is 5.02. The predicted molar refractivity (Wildman–Crippen MR) is 96.0 cm³/mol. The number of anilines is 1. The Morgan fingerprint density at radius 2 is 2.17 bits per heavy atom. The molecule has 4 heterocycles. The van der Waals surface area contributed by atoms with Gasteiger partial charge >= 0.3 is 0 Å². The summed E-state index contributed by atoms with van der Waals surface area (Å²) in [6.45, 7) is 4.43. The molecule has 7 nitrogen and oxygen atoms in total. The van der Waals surface area contributed by atoms with Gasteiger partial charge in [-0.05, 0) is 28.9 Å². The summed E-state index contributed by atoms with van der Waals surface area (Å²) < 4.78 is 10.2. The van der Waals surface area contributed by atoms with Gasteiger partial charge in [0.05, 0.1) is 43.0 Å². The number of halogens is 1. The highest BCUT2D eigenvalue weighted by Gasteiger charge is 2.24. The van der Waals surface area contributed by atoms with Gasteiger partial charge in [0, 0.05) is 26.2 Å². The van der Waals surface area contributed by atoms with Crippen molar-refractivity contribution < 1.29 is 4.74 Å². The molecule has 0 bridgehead atoms. The lowest BCUT2D eigenvalue weighted by Gasteiger charge is -2.34. The summed E-state index contributed by atoms with van der Waals surface area (Å²) in [5.74, 6) is 0.947. The number of imidazole rings is 1. The lowest BCUT2D eigenvalue weighted by atomic mass is 10.1. The molecule has 1 atom stereocenters. The Morgan fingerprint density at radius 3 is 2.88 bits per heavy atom. The van der Waals surface area contributed by atoms with Gasteiger partial charge in [-0.15, -0.1) is 0 Å². The standard InChI is InChI=1S/C16H19BrN6O/c1-10-8-24-5-4-23(10)13-6-11(12-7-18-9-21(12)2)15-14(19-13)16(17)20-22(15)3/h6-7,9-10H,4-5,8H2,1-3H3/t10-/m1/s1. The van der Waals surface area contributed by atoms with Gasteiger partial charge in [0.1, 0.15) is 11.3 Å². The van der Waals surface area contributed by atoms with E-state index in [1.807, 2.05) is 35.9 Å². The number of pyridine rings is 1. The second-order valence-corrected chi connectivity index (χ2v) is 6.90. The van der Waals surface area contributed by atoms with Crippen molar-refractivity contribution >= 4 is 32.8 Å². The third kappa shape index (κ3) is 2.41. The fourth-order valence-corrected chi connectivity index (χ4v) is 3.77. The number of hydrogen-bond acceptors (Lipinski definition) is 5. The van der Waals surface area contributed by atoms with Crippen LogP contribution in [0.4, 0.5) is 5.82 Å². The van der Waals surface area contributed by atoms with E-state index in [0.29, 0.717) is 6.04 Å². The number of morpholine rings is 1. The molecule has 3 aromatic rings. The monoisotopic (exact) mass is 390 g/mol. The van der Waals surface area contributed by atoms with Crippen LogP contribution in [0.15, 0.2) is 23.2 Å². The molecule has 0 saturated carbocycles. The fourth-order valence-electron chi connectivity index (χ4n) is 3.25. The zero-order valence-electron chi connectivity index (χ0n) is 13.9. The molecular formula is C16H19BrN6O. The lowest BCUT2D eigenvalue weighted by Crippen LogP contribution is -2.44. The quantitative estimate of drug-likeness (QED) is 0.671. The molecule has 24 heavy (non-hydrogen) atoms. The number of hydrogen-bond donors (Lipinski definition) is 0. The van der Waals surface area contributed by atoms with E-state index in [9.17, 15) is 0 Å². The van der Waals surface area contributed by atoms with Gasteiger partial charge in [0.25, 0.3) is 0 Å². The van der Waals surface area contributed by atoms with E-state index >= 15 is 0 Å². The minimum absolute atomic E-state index is 0.290. The van der Waals surface area contributed by atoms with Gasteiger partial charge in [-0.1, -0.05) is 0 Å². The number of ether oxygens (including phenoxy) is 1. The van der Waals surface area contributed by atoms with E-state index < -0.39 is 0 Å². The Bertz CT molecular complexity index is 901. The first-order valence-corrected chi connectivity index (χ1v) is 8.70. The van der Waals surface area contributed by atoms with Gasteiger partial charge in [-0.2, -0.15) is 5.10 Å². The van der Waals surface area contributed by atoms with Crippen LogP contribution < -0.4 is 4.90 Å². The van der Waals surface area contributed by atoms with Crippen molar-refractivity contribution in [2.75, 3.05) is 24.7 Å². The molecule has 0 radical (unpaired) electrons. The molecule has 0 aromatic carbocycles. The number of rotatable bonds is 2. The molecule has 0 aliphatic carbocycles. The second-order valence-electron chi connectivity index (χ2n) is 6.15. The summed E-state index contributed by atoms with van der Waals surface area (Å²) >= 11 is 3.55. The minimum atomic E-state index is 0.290. The number of nitrogens with zero attached hydrogens (tertiary/aromatic N) is 6. The summed E-state index contributed by atoms with van der Waals surface area (Å²) in [5, 5.41) is 4.49. The molecule has 1 aliphatic heterocycles. The maximum Gasteiger partial charge on any atom is 0.154 e. The maximum absolute atomic E-state index is 5.56. The van der Waals surface area contributed by atoms with Crippen LogP contribution in [-0.4, -0.2) is 50.1 Å². The van der Waals surface area contributed by atoms with Crippen molar-refractivity contribution in [3.8, 4) is 11.3 Å². The Morgan fingerprint density at radius 1 is 1.33 bits per heavy atom. The topological polar surface area (TPSA) is 61.0 Å². The highest BCUT2D eigenvalue weighted by atomic mass is 79.9. The van der Waals surface area contributed by atoms with Crippen LogP contribution in [0.25, 0.3) is 22.3 Å². The molecule has 1 aliphatic rings. The molecule has 0 unspecified atom stereocenters. The highest BCUT2D eigenvalue weighted by molar-refractivity contribution is 9.10. The van der Waals surface area contributed by atoms with Crippen LogP contribution >= 0.6 is 15.9 Å². The molecule has 3 aromatic heterocycles. The summed E-state index contributed by atoms with van der Waals surface area (Å²) in [7, 11) is 3.93. The van der Waals surface area contributed by atoms with Crippen LogP contribution in [-0.2, 0) is 18.8 Å². The van der Waals surface area contributed by atoms with Crippen molar-refractivity contribution in [3.05, 3.63) is 23.2 Å². The molecule has 4 rings (SSSR count). The first-order chi connectivity index (χ1) is 11.6. The molecule has 1 fully saturated rings. The molecule has 0 spiro atoms. The first-order valence-electron chi connectivity index (χ1n) is 7.90. The van der Waals surface area contributed by atoms with Crippen LogP contribution in [0, 0.1) is 0 Å². The van der Waals surface area contributed by atoms with Crippen LogP contribution in [0.2, 0.25) is 0 Å². The maximum atomic E-state index is 5.56. The number of fused-ring (bicyclic) bond motifs is 1. The Balaban J connectivity index is 1.97. The molecule has 1 saturated heterocycles. The SMILES string of the molecule is C[C@@H]1COCCN1c1cc(-c2cncn2C)c2c(n1)c(Br)nn2C. The van der Waals surface area contributed by atoms with Gasteiger partial charge in [-0.3, -0.25) is 4.68 Å². The van der Waals surface area contributed by atoms with Crippen molar-refractivity contribution in [1.82, 2.24) is 24.3 Å². The fraction of sp³-hybridized carbons (Fsp3) is 0.438. The van der Waals surface area contributed by atoms with Crippen molar-refractivity contribution in [2.45, 2.75) is 13.0 Å². The van der Waals surface area contributed by atoms with Gasteiger partial charge in [-0.25, -0.2) is 9.97 Å². The van der Waals surface area contributed by atoms with Crippen LogP contribution in [0.1, 0.15) is 6.92 Å². The van der Waals surface area contributed by atoms with E-state index in [1.165, 1.54) is 0 Å². The van der Waals surface area contributed by atoms with E-state index in [-0.39, 0.29) is 0 Å². The molecule has 0 N–H and O–H groups in total. The zero-order chi connectivity index (χ0) is 16.8. The highest BCUT2D eigenvalue weighted by Crippen LogP contribution is 2.34. The zero-order valence-corrected chi connectivity index (χ0v) is 15.5. The number of aromatic nitrogens is 5. The smallest absolute Gasteiger partial charge is 0.154 e. The van der Waals surface area contributed by atoms with Crippen molar-refractivity contribution in [3.63, 3.8) is 0 Å². The third-order valence-electron chi connectivity index (χ3n) is 4.49. The molecule has 126 valence electrons. The van der Waals surface area contributed by atoms with Gasteiger partial charge in [0.2, 0.25) is 0 Å². The first kappa shape index (κ1) is 15.6. The van der Waals surface area contributed by atoms with E-state index in [0.717, 1.165) is 52.5 Å². The van der Waals surface area contributed by atoms with E-state index in [2.05, 4.69) is 43.9 Å². The summed E-state index contributed by atoms with van der Waals surface area (Å²) in [6.07, 6.45) is 3.69.